The minimum atomic E-state index is -0.619. The number of aliphatic hydroxyl groups excluding tert-OH is 1. The molecule has 128 valence electrons. The molecule has 1 amide bonds. The molecular formula is C17H26FN3O2. The predicted octanol–water partition coefficient (Wildman–Crippen LogP) is 1.00. The third-order valence-corrected chi connectivity index (χ3v) is 3.97. The first-order chi connectivity index (χ1) is 10.9. The van der Waals surface area contributed by atoms with Crippen molar-refractivity contribution >= 4 is 5.91 Å². The second-order valence-corrected chi connectivity index (χ2v) is 6.37. The number of hydrogen-bond acceptors (Lipinski definition) is 4. The number of piperazine rings is 1. The molecule has 1 aliphatic heterocycles. The van der Waals surface area contributed by atoms with Crippen LogP contribution in [0.5, 0.6) is 0 Å². The van der Waals surface area contributed by atoms with Crippen LogP contribution in [0.2, 0.25) is 0 Å². The predicted molar refractivity (Wildman–Crippen MR) is 87.5 cm³/mol. The number of hydrogen-bond donors (Lipinski definition) is 2. The van der Waals surface area contributed by atoms with Gasteiger partial charge in [-0.3, -0.25) is 14.6 Å². The summed E-state index contributed by atoms with van der Waals surface area (Å²) in [5.74, 6) is -0.242. The van der Waals surface area contributed by atoms with Gasteiger partial charge < -0.3 is 10.4 Å². The van der Waals surface area contributed by atoms with Crippen molar-refractivity contribution in [2.24, 2.45) is 0 Å². The van der Waals surface area contributed by atoms with Crippen molar-refractivity contribution in [2.45, 2.75) is 26.0 Å². The van der Waals surface area contributed by atoms with Crippen molar-refractivity contribution in [3.63, 3.8) is 0 Å². The van der Waals surface area contributed by atoms with Crippen LogP contribution in [0.1, 0.15) is 25.5 Å². The highest BCUT2D eigenvalue weighted by Crippen LogP contribution is 2.16. The molecule has 0 spiro atoms. The molecule has 1 aromatic carbocycles. The second-order valence-electron chi connectivity index (χ2n) is 6.37. The first kappa shape index (κ1) is 17.8. The Labute approximate surface area is 137 Å². The third-order valence-electron chi connectivity index (χ3n) is 3.97. The van der Waals surface area contributed by atoms with Crippen molar-refractivity contribution in [2.75, 3.05) is 39.3 Å². The average Bonchev–Trinajstić information content (AvgIpc) is 2.49. The van der Waals surface area contributed by atoms with Gasteiger partial charge in [0.15, 0.2) is 0 Å². The lowest BCUT2D eigenvalue weighted by Gasteiger charge is -2.35. The van der Waals surface area contributed by atoms with E-state index >= 15 is 0 Å². The van der Waals surface area contributed by atoms with Gasteiger partial charge in [0, 0.05) is 38.8 Å². The second kappa shape index (κ2) is 8.38. The molecule has 6 heteroatoms. The summed E-state index contributed by atoms with van der Waals surface area (Å²) in [7, 11) is 0. The number of nitrogens with zero attached hydrogens (tertiary/aromatic N) is 2. The molecule has 0 saturated carbocycles. The topological polar surface area (TPSA) is 55.8 Å². The summed E-state index contributed by atoms with van der Waals surface area (Å²) in [4.78, 5) is 16.1. The van der Waals surface area contributed by atoms with Crippen molar-refractivity contribution < 1.29 is 14.3 Å². The van der Waals surface area contributed by atoms with Crippen LogP contribution in [0.4, 0.5) is 4.39 Å². The molecular weight excluding hydrogens is 297 g/mol. The smallest absolute Gasteiger partial charge is 0.234 e. The number of β-amino-alcohol motifs (C(OH)–C–C–N with tert-alkyl or cyclic N) is 1. The fraction of sp³-hybridized carbons (Fsp3) is 0.588. The number of benzene rings is 1. The Morgan fingerprint density at radius 1 is 1.17 bits per heavy atom. The lowest BCUT2D eigenvalue weighted by molar-refractivity contribution is -0.123. The fourth-order valence-electron chi connectivity index (χ4n) is 2.74. The van der Waals surface area contributed by atoms with Crippen molar-refractivity contribution in [3.05, 3.63) is 35.6 Å². The Hall–Kier alpha value is -1.50. The lowest BCUT2D eigenvalue weighted by atomic mass is 10.1. The van der Waals surface area contributed by atoms with Crippen LogP contribution in [0.3, 0.4) is 0 Å². The number of halogens is 1. The van der Waals surface area contributed by atoms with Gasteiger partial charge in [-0.1, -0.05) is 12.1 Å². The molecule has 23 heavy (non-hydrogen) atoms. The van der Waals surface area contributed by atoms with Gasteiger partial charge in [-0.25, -0.2) is 4.39 Å². The Balaban J connectivity index is 1.74. The maximum atomic E-state index is 12.9. The number of carbonyl (C=O) groups excluding carboxylic acids is 1. The summed E-state index contributed by atoms with van der Waals surface area (Å²) in [6.45, 7) is 8.09. The first-order valence-electron chi connectivity index (χ1n) is 8.11. The summed E-state index contributed by atoms with van der Waals surface area (Å²) in [6.07, 6.45) is -0.619. The molecule has 1 saturated heterocycles. The Bertz CT molecular complexity index is 499. The molecule has 1 aromatic rings. The largest absolute Gasteiger partial charge is 0.387 e. The van der Waals surface area contributed by atoms with Crippen molar-refractivity contribution in [1.29, 1.82) is 0 Å². The first-order valence-corrected chi connectivity index (χ1v) is 8.11. The number of aliphatic hydroxyl groups is 1. The van der Waals surface area contributed by atoms with Gasteiger partial charge in [-0.05, 0) is 31.5 Å². The molecule has 2 rings (SSSR count). The molecule has 1 unspecified atom stereocenters. The van der Waals surface area contributed by atoms with Crippen molar-refractivity contribution in [1.82, 2.24) is 15.1 Å². The molecule has 1 aliphatic rings. The van der Waals surface area contributed by atoms with Gasteiger partial charge in [-0.15, -0.1) is 0 Å². The number of carbonyl (C=O) groups is 1. The average molecular weight is 323 g/mol. The molecule has 0 bridgehead atoms. The van der Waals surface area contributed by atoms with Crippen molar-refractivity contribution in [3.8, 4) is 0 Å². The molecule has 1 fully saturated rings. The normalized spacial score (nSPS) is 18.1. The number of nitrogens with one attached hydrogen (secondary N) is 1. The number of rotatable bonds is 6. The Morgan fingerprint density at radius 2 is 1.74 bits per heavy atom. The quantitative estimate of drug-likeness (QED) is 0.820. The van der Waals surface area contributed by atoms with Crippen LogP contribution in [0.15, 0.2) is 24.3 Å². The van der Waals surface area contributed by atoms with Crippen LogP contribution in [-0.2, 0) is 4.79 Å². The Kier molecular flexibility index (Phi) is 6.50. The van der Waals surface area contributed by atoms with E-state index in [0.29, 0.717) is 13.1 Å². The summed E-state index contributed by atoms with van der Waals surface area (Å²) >= 11 is 0. The molecule has 1 heterocycles. The highest BCUT2D eigenvalue weighted by molar-refractivity contribution is 5.78. The van der Waals surface area contributed by atoms with Crippen LogP contribution in [-0.4, -0.2) is 66.1 Å². The maximum absolute atomic E-state index is 12.9. The van der Waals surface area contributed by atoms with Crippen LogP contribution in [0.25, 0.3) is 0 Å². The van der Waals surface area contributed by atoms with E-state index in [2.05, 4.69) is 15.1 Å². The van der Waals surface area contributed by atoms with E-state index in [9.17, 15) is 14.3 Å². The standard InChI is InChI=1S/C17H26FN3O2/c1-13(2)19-17(23)12-21-9-7-20(8-10-21)11-16(22)14-3-5-15(18)6-4-14/h3-6,13,16,22H,7-12H2,1-2H3,(H,19,23). The van der Waals surface area contributed by atoms with Gasteiger partial charge in [0.05, 0.1) is 12.6 Å². The number of amides is 1. The molecule has 0 radical (unpaired) electrons. The molecule has 0 aliphatic carbocycles. The molecule has 0 aromatic heterocycles. The lowest BCUT2D eigenvalue weighted by Crippen LogP contribution is -2.50. The van der Waals surface area contributed by atoms with E-state index in [1.807, 2.05) is 13.8 Å². The van der Waals surface area contributed by atoms with Gasteiger partial charge in [0.25, 0.3) is 0 Å². The highest BCUT2D eigenvalue weighted by atomic mass is 19.1. The fourth-order valence-corrected chi connectivity index (χ4v) is 2.74. The molecule has 5 nitrogen and oxygen atoms in total. The van der Waals surface area contributed by atoms with Crippen LogP contribution < -0.4 is 5.32 Å². The maximum Gasteiger partial charge on any atom is 0.234 e. The van der Waals surface area contributed by atoms with Crippen LogP contribution in [0, 0.1) is 5.82 Å². The van der Waals surface area contributed by atoms with E-state index in [1.54, 1.807) is 12.1 Å². The summed E-state index contributed by atoms with van der Waals surface area (Å²) < 4.78 is 12.9. The zero-order valence-corrected chi connectivity index (χ0v) is 13.8. The van der Waals surface area contributed by atoms with Gasteiger partial charge >= 0.3 is 0 Å². The summed E-state index contributed by atoms with van der Waals surface area (Å²) in [5.41, 5.74) is 0.727. The zero-order chi connectivity index (χ0) is 16.8. The van der Waals surface area contributed by atoms with E-state index in [1.165, 1.54) is 12.1 Å². The molecule has 2 N–H and O–H groups in total. The van der Waals surface area contributed by atoms with Crippen LogP contribution >= 0.6 is 0 Å². The van der Waals surface area contributed by atoms with Gasteiger partial charge in [0.1, 0.15) is 5.82 Å². The zero-order valence-electron chi connectivity index (χ0n) is 13.8. The monoisotopic (exact) mass is 323 g/mol. The molecule has 1 atom stereocenters. The summed E-state index contributed by atoms with van der Waals surface area (Å²) in [5, 5.41) is 13.1. The third kappa shape index (κ3) is 5.89. The Morgan fingerprint density at radius 3 is 2.30 bits per heavy atom. The van der Waals surface area contributed by atoms with E-state index in [-0.39, 0.29) is 17.8 Å². The van der Waals surface area contributed by atoms with Gasteiger partial charge in [0.2, 0.25) is 5.91 Å². The van der Waals surface area contributed by atoms with E-state index in [0.717, 1.165) is 31.7 Å². The van der Waals surface area contributed by atoms with Gasteiger partial charge in [-0.2, -0.15) is 0 Å². The van der Waals surface area contributed by atoms with E-state index in [4.69, 9.17) is 0 Å². The summed E-state index contributed by atoms with van der Waals surface area (Å²) in [6, 6.07) is 6.13. The SMILES string of the molecule is CC(C)NC(=O)CN1CCN(CC(O)c2ccc(F)cc2)CC1. The minimum Gasteiger partial charge on any atom is -0.387 e. The minimum absolute atomic E-state index is 0.0554. The highest BCUT2D eigenvalue weighted by Gasteiger charge is 2.21. The van der Waals surface area contributed by atoms with E-state index < -0.39 is 6.10 Å².